The van der Waals surface area contributed by atoms with Crippen molar-refractivity contribution < 1.29 is 23.9 Å². The first kappa shape index (κ1) is 20.9. The molecule has 0 radical (unpaired) electrons. The van der Waals surface area contributed by atoms with Gasteiger partial charge in [-0.1, -0.05) is 0 Å². The van der Waals surface area contributed by atoms with Crippen LogP contribution in [0.15, 0.2) is 4.99 Å². The molecule has 0 aliphatic rings. The van der Waals surface area contributed by atoms with Gasteiger partial charge in [-0.3, -0.25) is 15.4 Å². The first-order valence-corrected chi connectivity index (χ1v) is 7.28. The number of alkyl carbamates (subject to hydrolysis) is 2. The van der Waals surface area contributed by atoms with Crippen LogP contribution in [0.25, 0.3) is 0 Å². The van der Waals surface area contributed by atoms with E-state index in [0.717, 1.165) is 0 Å². The minimum atomic E-state index is -0.803. The van der Waals surface area contributed by atoms with Gasteiger partial charge < -0.3 is 9.47 Å². The quantitative estimate of drug-likeness (QED) is 0.597. The lowest BCUT2D eigenvalue weighted by Gasteiger charge is -2.22. The van der Waals surface area contributed by atoms with Gasteiger partial charge in [-0.2, -0.15) is 0 Å². The molecule has 0 aliphatic carbocycles. The van der Waals surface area contributed by atoms with Crippen LogP contribution in [-0.2, 0) is 14.3 Å². The fourth-order valence-corrected chi connectivity index (χ4v) is 1.18. The van der Waals surface area contributed by atoms with Crippen molar-refractivity contribution in [2.75, 3.05) is 0 Å². The minimum absolute atomic E-state index is 0.212. The normalized spacial score (nSPS) is 12.7. The van der Waals surface area contributed by atoms with E-state index in [0.29, 0.717) is 0 Å². The molecule has 0 heterocycles. The van der Waals surface area contributed by atoms with Gasteiger partial charge in [0.05, 0.1) is 0 Å². The molecule has 0 bridgehead atoms. The monoisotopic (exact) mass is 329 g/mol. The number of carbonyl (C=O) groups excluding carboxylic acids is 3. The predicted molar refractivity (Wildman–Crippen MR) is 86.3 cm³/mol. The summed E-state index contributed by atoms with van der Waals surface area (Å²) in [4.78, 5) is 38.9. The Morgan fingerprint density at radius 3 is 1.48 bits per heavy atom. The number of hydrogen-bond acceptors (Lipinski definition) is 6. The van der Waals surface area contributed by atoms with Crippen molar-refractivity contribution in [1.82, 2.24) is 10.6 Å². The van der Waals surface area contributed by atoms with Gasteiger partial charge in [-0.05, 0) is 55.4 Å². The second kappa shape index (κ2) is 7.94. The molecular weight excluding hydrogens is 302 g/mol. The molecule has 8 nitrogen and oxygen atoms in total. The van der Waals surface area contributed by atoms with Crippen LogP contribution in [0.5, 0.6) is 0 Å². The number of nitrogens with one attached hydrogen (secondary N) is 2. The summed E-state index contributed by atoms with van der Waals surface area (Å²) in [5.74, 6) is -0.435. The van der Waals surface area contributed by atoms with Crippen molar-refractivity contribution in [1.29, 1.82) is 0 Å². The number of hydrogen-bond donors (Lipinski definition) is 2. The fraction of sp³-hybridized carbons (Fsp3) is 0.733. The first-order chi connectivity index (χ1) is 10.2. The maximum Gasteiger partial charge on any atom is 0.414 e. The maximum absolute atomic E-state index is 11.8. The molecule has 0 rings (SSSR count). The van der Waals surface area contributed by atoms with Crippen molar-refractivity contribution in [3.8, 4) is 0 Å². The molecule has 8 heteroatoms. The highest BCUT2D eigenvalue weighted by molar-refractivity contribution is 6.02. The highest BCUT2D eigenvalue weighted by Crippen LogP contribution is 2.07. The number of Topliss-reactive ketones (excluding diaryl/α,β-unsaturated/α-hetero) is 1. The van der Waals surface area contributed by atoms with Gasteiger partial charge in [-0.15, -0.1) is 0 Å². The van der Waals surface area contributed by atoms with Crippen molar-refractivity contribution >= 4 is 23.9 Å². The van der Waals surface area contributed by atoms with Gasteiger partial charge >= 0.3 is 12.2 Å². The molecule has 23 heavy (non-hydrogen) atoms. The highest BCUT2D eigenvalue weighted by Gasteiger charge is 2.22. The Kier molecular flexibility index (Phi) is 7.21. The molecule has 0 aromatic rings. The first-order valence-electron chi connectivity index (χ1n) is 7.28. The van der Waals surface area contributed by atoms with Crippen LogP contribution in [0.2, 0.25) is 0 Å². The summed E-state index contributed by atoms with van der Waals surface area (Å²) in [6.45, 7) is 13.1. The number of nitrogens with zero attached hydrogens (tertiary/aromatic N) is 1. The van der Waals surface area contributed by atoms with Crippen LogP contribution in [-0.4, -0.2) is 41.2 Å². The zero-order valence-electron chi connectivity index (χ0n) is 15.1. The third kappa shape index (κ3) is 11.1. The average molecular weight is 329 g/mol. The summed E-state index contributed by atoms with van der Waals surface area (Å²) in [7, 11) is 0. The van der Waals surface area contributed by atoms with Gasteiger partial charge in [0.1, 0.15) is 17.2 Å². The Hall–Kier alpha value is -2.12. The van der Waals surface area contributed by atoms with E-state index >= 15 is 0 Å². The van der Waals surface area contributed by atoms with E-state index in [9.17, 15) is 14.4 Å². The molecule has 0 saturated carbocycles. The topological polar surface area (TPSA) is 106 Å². The van der Waals surface area contributed by atoms with Crippen LogP contribution in [0.4, 0.5) is 9.59 Å². The maximum atomic E-state index is 11.8. The lowest BCUT2D eigenvalue weighted by Crippen LogP contribution is -2.47. The van der Waals surface area contributed by atoms with Gasteiger partial charge in [-0.25, -0.2) is 14.6 Å². The van der Waals surface area contributed by atoms with E-state index in [2.05, 4.69) is 15.6 Å². The van der Waals surface area contributed by atoms with Crippen molar-refractivity contribution in [3.05, 3.63) is 0 Å². The number of ketones is 1. The van der Waals surface area contributed by atoms with Crippen molar-refractivity contribution in [2.45, 2.75) is 72.6 Å². The Labute approximate surface area is 137 Å². The molecule has 1 unspecified atom stereocenters. The molecule has 0 aromatic carbocycles. The van der Waals surface area contributed by atoms with Gasteiger partial charge in [0.15, 0.2) is 5.78 Å². The Morgan fingerprint density at radius 1 is 0.870 bits per heavy atom. The number of aliphatic imine (C=N–C) groups is 1. The Morgan fingerprint density at radius 2 is 1.22 bits per heavy atom. The second-order valence-electron chi connectivity index (χ2n) is 7.02. The number of ether oxygens (including phenoxy) is 2. The summed E-state index contributed by atoms with van der Waals surface area (Å²) < 4.78 is 10.2. The van der Waals surface area contributed by atoms with E-state index < -0.39 is 29.4 Å². The van der Waals surface area contributed by atoms with E-state index in [4.69, 9.17) is 9.47 Å². The molecule has 0 aromatic heterocycles. The summed E-state index contributed by atoms with van der Waals surface area (Å²) >= 11 is 0. The van der Waals surface area contributed by atoms with E-state index in [-0.39, 0.29) is 11.7 Å². The van der Waals surface area contributed by atoms with Gasteiger partial charge in [0.25, 0.3) is 0 Å². The zero-order chi connectivity index (χ0) is 18.4. The summed E-state index contributed by atoms with van der Waals surface area (Å²) in [5.41, 5.74) is -1.43. The summed E-state index contributed by atoms with van der Waals surface area (Å²) in [6, 6.07) is -0.741. The number of amides is 2. The average Bonchev–Trinajstić information content (AvgIpc) is 2.22. The third-order valence-corrected chi connectivity index (χ3v) is 2.15. The summed E-state index contributed by atoms with van der Waals surface area (Å²) in [5, 5.41) is 4.60. The van der Waals surface area contributed by atoms with Crippen molar-refractivity contribution in [2.24, 2.45) is 4.99 Å². The van der Waals surface area contributed by atoms with E-state index in [1.54, 1.807) is 41.5 Å². The van der Waals surface area contributed by atoms with Gasteiger partial charge in [0.2, 0.25) is 5.96 Å². The molecule has 0 saturated heterocycles. The van der Waals surface area contributed by atoms with Gasteiger partial charge in [0, 0.05) is 0 Å². The molecule has 2 N–H and O–H groups in total. The largest absolute Gasteiger partial charge is 0.444 e. The fourth-order valence-electron chi connectivity index (χ4n) is 1.18. The van der Waals surface area contributed by atoms with Crippen LogP contribution < -0.4 is 10.6 Å². The van der Waals surface area contributed by atoms with E-state index in [1.165, 1.54) is 13.8 Å². The number of rotatable bonds is 2. The molecular formula is C15H27N3O5. The van der Waals surface area contributed by atoms with Crippen LogP contribution in [0.3, 0.4) is 0 Å². The lowest BCUT2D eigenvalue weighted by atomic mass is 10.2. The SMILES string of the molecule is CC(=O)C(C)N=C(NC(=O)OC(C)(C)C)NC(=O)OC(C)(C)C. The predicted octanol–water partition coefficient (Wildman–Crippen LogP) is 2.37. The molecule has 0 fully saturated rings. The number of guanidine groups is 1. The highest BCUT2D eigenvalue weighted by atomic mass is 16.6. The molecule has 2 amide bonds. The minimum Gasteiger partial charge on any atom is -0.444 e. The summed E-state index contributed by atoms with van der Waals surface area (Å²) in [6.07, 6.45) is -1.61. The molecule has 0 aliphatic heterocycles. The molecule has 132 valence electrons. The Balaban J connectivity index is 5.07. The standard InChI is InChI=1S/C15H27N3O5/c1-9(10(2)19)16-11(17-12(20)22-14(3,4)5)18-13(21)23-15(6,7)8/h9H,1-8H3,(H2,16,17,18,20,21). The zero-order valence-corrected chi connectivity index (χ0v) is 15.1. The third-order valence-electron chi connectivity index (χ3n) is 2.15. The van der Waals surface area contributed by atoms with E-state index in [1.807, 2.05) is 0 Å². The van der Waals surface area contributed by atoms with Crippen LogP contribution in [0.1, 0.15) is 55.4 Å². The molecule has 1 atom stereocenters. The Bertz CT molecular complexity index is 454. The number of carbonyl (C=O) groups is 3. The van der Waals surface area contributed by atoms with Crippen LogP contribution in [0, 0.1) is 0 Å². The smallest absolute Gasteiger partial charge is 0.414 e. The molecule has 0 spiro atoms. The van der Waals surface area contributed by atoms with Crippen LogP contribution >= 0.6 is 0 Å². The second-order valence-corrected chi connectivity index (χ2v) is 7.02. The van der Waals surface area contributed by atoms with Crippen molar-refractivity contribution in [3.63, 3.8) is 0 Å². The lowest BCUT2D eigenvalue weighted by molar-refractivity contribution is -0.117.